The van der Waals surface area contributed by atoms with Gasteiger partial charge < -0.3 is 23.7 Å². The van der Waals surface area contributed by atoms with Gasteiger partial charge in [-0.05, 0) is 44.9 Å². The molecule has 4 bridgehead atoms. The van der Waals surface area contributed by atoms with Gasteiger partial charge in [0.25, 0.3) is 0 Å². The Bertz CT molecular complexity index is 1070. The predicted molar refractivity (Wildman–Crippen MR) is 123 cm³/mol. The van der Waals surface area contributed by atoms with Crippen LogP contribution in [0, 0.1) is 23.7 Å². The number of alkyl halides is 9. The molecule has 246 valence electrons. The lowest BCUT2D eigenvalue weighted by molar-refractivity contribution is -0.393. The Balaban J connectivity index is 1.51. The molecule has 0 N–H and O–H groups in total. The minimum absolute atomic E-state index is 0.00723. The van der Waals surface area contributed by atoms with Crippen molar-refractivity contribution < 1.29 is 77.6 Å². The fraction of sp³-hybridized carbons (Fsp3) is 0.885. The Labute approximate surface area is 239 Å². The maximum atomic E-state index is 13.6. The van der Waals surface area contributed by atoms with Crippen molar-refractivity contribution >= 4 is 17.9 Å². The van der Waals surface area contributed by atoms with Gasteiger partial charge >= 0.3 is 35.9 Å². The Morgan fingerprint density at radius 3 is 1.91 bits per heavy atom. The summed E-state index contributed by atoms with van der Waals surface area (Å²) in [5, 5.41) is 0. The molecule has 4 saturated carbocycles. The van der Waals surface area contributed by atoms with Crippen LogP contribution < -0.4 is 0 Å². The molecule has 0 aromatic rings. The SMILES string of the molecule is CC(F)(F)CCOC(=O)C1OC2(OCC1C(=O)OCCC(F)(F)C(F)(F)F)C1CC3CC2CC(OC(=O)C(C)(F)F)(C3)C1. The molecule has 1 aliphatic heterocycles. The molecular weight excluding hydrogens is 611 g/mol. The van der Waals surface area contributed by atoms with Crippen molar-refractivity contribution in [1.82, 2.24) is 0 Å². The second-order valence-corrected chi connectivity index (χ2v) is 12.1. The molecule has 1 saturated heterocycles. The highest BCUT2D eigenvalue weighted by Gasteiger charge is 2.68. The van der Waals surface area contributed by atoms with Crippen LogP contribution in [-0.4, -0.2) is 79.2 Å². The van der Waals surface area contributed by atoms with Crippen molar-refractivity contribution in [3.63, 3.8) is 0 Å². The van der Waals surface area contributed by atoms with Gasteiger partial charge in [0.05, 0.1) is 26.2 Å². The number of hydrogen-bond acceptors (Lipinski definition) is 8. The van der Waals surface area contributed by atoms with Crippen LogP contribution in [0.15, 0.2) is 0 Å². The van der Waals surface area contributed by atoms with Crippen molar-refractivity contribution in [3.05, 3.63) is 0 Å². The van der Waals surface area contributed by atoms with Crippen molar-refractivity contribution in [1.29, 1.82) is 0 Å². The number of carbonyl (C=O) groups excluding carboxylic acids is 3. The molecule has 1 spiro atoms. The monoisotopic (exact) mass is 642 g/mol. The van der Waals surface area contributed by atoms with E-state index in [4.69, 9.17) is 18.9 Å². The van der Waals surface area contributed by atoms with Gasteiger partial charge in [0.15, 0.2) is 11.9 Å². The summed E-state index contributed by atoms with van der Waals surface area (Å²) in [5.41, 5.74) is -1.26. The van der Waals surface area contributed by atoms with Gasteiger partial charge in [-0.2, -0.15) is 30.7 Å². The molecule has 5 rings (SSSR count). The lowest BCUT2D eigenvalue weighted by Gasteiger charge is -2.64. The van der Waals surface area contributed by atoms with E-state index < -0.39 is 110 Å². The van der Waals surface area contributed by atoms with E-state index in [0.29, 0.717) is 33.1 Å². The van der Waals surface area contributed by atoms with Crippen LogP contribution in [0.1, 0.15) is 58.8 Å². The topological polar surface area (TPSA) is 97.4 Å². The quantitative estimate of drug-likeness (QED) is 0.182. The average Bonchev–Trinajstić information content (AvgIpc) is 2.84. The number of hydrogen-bond donors (Lipinski definition) is 0. The third kappa shape index (κ3) is 7.01. The lowest BCUT2D eigenvalue weighted by Crippen LogP contribution is -2.70. The highest BCUT2D eigenvalue weighted by molar-refractivity contribution is 5.84. The minimum atomic E-state index is -5.89. The van der Waals surface area contributed by atoms with E-state index in [1.807, 2.05) is 0 Å². The first-order valence-electron chi connectivity index (χ1n) is 13.7. The number of ether oxygens (including phenoxy) is 5. The first-order chi connectivity index (χ1) is 19.6. The summed E-state index contributed by atoms with van der Waals surface area (Å²) in [6.45, 7) is -1.84. The number of rotatable bonds is 10. The highest BCUT2D eigenvalue weighted by atomic mass is 19.4. The van der Waals surface area contributed by atoms with Crippen LogP contribution >= 0.6 is 0 Å². The predicted octanol–water partition coefficient (Wildman–Crippen LogP) is 5.21. The summed E-state index contributed by atoms with van der Waals surface area (Å²) in [5.74, 6) is -21.2. The van der Waals surface area contributed by atoms with Gasteiger partial charge in [-0.1, -0.05) is 0 Å². The van der Waals surface area contributed by atoms with E-state index in [1.165, 1.54) is 0 Å². The van der Waals surface area contributed by atoms with Crippen LogP contribution in [0.5, 0.6) is 0 Å². The molecule has 43 heavy (non-hydrogen) atoms. The van der Waals surface area contributed by atoms with E-state index in [2.05, 4.69) is 4.74 Å². The largest absolute Gasteiger partial charge is 0.465 e. The van der Waals surface area contributed by atoms with Crippen LogP contribution in [0.3, 0.4) is 0 Å². The van der Waals surface area contributed by atoms with Crippen LogP contribution in [0.4, 0.5) is 39.5 Å². The van der Waals surface area contributed by atoms with E-state index in [-0.39, 0.29) is 18.8 Å². The molecule has 5 aliphatic rings. The maximum absolute atomic E-state index is 13.6. The molecule has 4 atom stereocenters. The number of esters is 3. The van der Waals surface area contributed by atoms with Crippen LogP contribution in [0.25, 0.3) is 0 Å². The summed E-state index contributed by atoms with van der Waals surface area (Å²) in [7, 11) is 0. The first kappa shape index (κ1) is 33.6. The summed E-state index contributed by atoms with van der Waals surface area (Å²) in [6.07, 6.45) is -9.43. The Morgan fingerprint density at radius 2 is 1.37 bits per heavy atom. The van der Waals surface area contributed by atoms with Gasteiger partial charge in [-0.15, -0.1) is 0 Å². The molecule has 0 amide bonds. The van der Waals surface area contributed by atoms with Gasteiger partial charge in [0.2, 0.25) is 5.92 Å². The van der Waals surface area contributed by atoms with Gasteiger partial charge in [0, 0.05) is 25.2 Å². The van der Waals surface area contributed by atoms with Gasteiger partial charge in [-0.25, -0.2) is 18.4 Å². The third-order valence-electron chi connectivity index (χ3n) is 8.50. The Hall–Kier alpha value is -2.30. The van der Waals surface area contributed by atoms with Gasteiger partial charge in [-0.3, -0.25) is 4.79 Å². The molecule has 0 aromatic carbocycles. The molecule has 1 heterocycles. The number of carbonyl (C=O) groups is 3. The van der Waals surface area contributed by atoms with Crippen LogP contribution in [0.2, 0.25) is 0 Å². The van der Waals surface area contributed by atoms with E-state index in [0.717, 1.165) is 0 Å². The number of halogens is 9. The summed E-state index contributed by atoms with van der Waals surface area (Å²) in [6, 6.07) is 0. The van der Waals surface area contributed by atoms with E-state index in [1.54, 1.807) is 0 Å². The zero-order valence-electron chi connectivity index (χ0n) is 23.1. The van der Waals surface area contributed by atoms with Crippen molar-refractivity contribution in [3.8, 4) is 0 Å². The Morgan fingerprint density at radius 1 is 0.814 bits per heavy atom. The van der Waals surface area contributed by atoms with Crippen molar-refractivity contribution in [2.45, 2.75) is 100 Å². The molecular formula is C26H31F9O8. The molecule has 5 fully saturated rings. The summed E-state index contributed by atoms with van der Waals surface area (Å²) in [4.78, 5) is 37.8. The standard InChI is InChI=1S/C26H31F9O8/c1-21(27,28)3-5-40-19(37)17-16(18(36)39-6-4-24(31,32)26(33,34)35)12-41-25(42-17)14-7-13-8-15(25)11-23(9-13,10-14)43-20(38)22(2,29)30/h13-17H,3-12H2,1-2H3. The second kappa shape index (κ2) is 11.2. The third-order valence-corrected chi connectivity index (χ3v) is 8.50. The van der Waals surface area contributed by atoms with Gasteiger partial charge in [0.1, 0.15) is 11.5 Å². The molecule has 4 aliphatic carbocycles. The van der Waals surface area contributed by atoms with E-state index >= 15 is 0 Å². The average molecular weight is 643 g/mol. The smallest absolute Gasteiger partial charge is 0.453 e. The highest BCUT2D eigenvalue weighted by Crippen LogP contribution is 2.64. The van der Waals surface area contributed by atoms with Crippen molar-refractivity contribution in [2.24, 2.45) is 23.7 Å². The molecule has 17 heteroatoms. The molecule has 8 nitrogen and oxygen atoms in total. The normalized spacial score (nSPS) is 34.3. The van der Waals surface area contributed by atoms with Crippen molar-refractivity contribution in [2.75, 3.05) is 19.8 Å². The summed E-state index contributed by atoms with van der Waals surface area (Å²) >= 11 is 0. The second-order valence-electron chi connectivity index (χ2n) is 12.1. The maximum Gasteiger partial charge on any atom is 0.453 e. The molecule has 4 unspecified atom stereocenters. The van der Waals surface area contributed by atoms with Crippen LogP contribution in [-0.2, 0) is 38.1 Å². The zero-order valence-corrected chi connectivity index (χ0v) is 23.1. The minimum Gasteiger partial charge on any atom is -0.465 e. The summed E-state index contributed by atoms with van der Waals surface area (Å²) < 4.78 is 145. The molecule has 0 radical (unpaired) electrons. The lowest BCUT2D eigenvalue weighted by atomic mass is 9.51. The first-order valence-corrected chi connectivity index (χ1v) is 13.7. The Kier molecular flexibility index (Phi) is 8.79. The zero-order chi connectivity index (χ0) is 32.2. The fourth-order valence-corrected chi connectivity index (χ4v) is 6.66. The molecule has 0 aromatic heterocycles. The van der Waals surface area contributed by atoms with E-state index in [9.17, 15) is 53.9 Å². The fourth-order valence-electron chi connectivity index (χ4n) is 6.66.